The molecule has 0 unspecified atom stereocenters. The maximum Gasteiger partial charge on any atom is 0.407 e. The van der Waals surface area contributed by atoms with Gasteiger partial charge in [-0.15, -0.1) is 0 Å². The number of methoxy groups -OCH3 is 2. The van der Waals surface area contributed by atoms with Gasteiger partial charge in [0.05, 0.1) is 26.3 Å². The third-order valence-electron chi connectivity index (χ3n) is 13.1. The Morgan fingerprint density at radius 1 is 0.672 bits per heavy atom. The Morgan fingerprint density at radius 3 is 1.58 bits per heavy atom. The number of benzene rings is 2. The van der Waals surface area contributed by atoms with Crippen LogP contribution in [0.4, 0.5) is 18.4 Å². The largest absolute Gasteiger partial charge is 0.453 e. The minimum Gasteiger partial charge on any atom is -0.453 e. The smallest absolute Gasteiger partial charge is 0.407 e. The molecule has 4 aromatic rings. The molecule has 0 aliphatic carbocycles. The molecule has 6 heterocycles. The molecule has 0 saturated carbocycles. The first-order valence-corrected chi connectivity index (χ1v) is 21.8. The van der Waals surface area contributed by atoms with Crippen LogP contribution in [0.1, 0.15) is 82.0 Å². The standard InChI is InChI=1S/C46H54F2N8O8/c1-25-5-15-33(55(25)43(57)37(51-45(59)61-3)31-17-21-63-22-18-31)41-49-35(39(47)53-41)29-11-7-27(8-12-29)28-9-13-30(14-10-28)36-40(48)54-42(50-36)34-16-6-26(2)56(34)44(58)38(52-46(60)62-4)32-19-23-64-24-20-32/h7-14,26,31-34,37-38H,1,5-6,15-24H2,2-4H3,(H,49,53)(H,50,54)(H,51,59)(H,52,60)/t26-,33-,34-,37-,38-/m0/s1. The van der Waals surface area contributed by atoms with Gasteiger partial charge < -0.3 is 49.3 Å². The van der Waals surface area contributed by atoms with E-state index in [-0.39, 0.29) is 46.9 Å². The summed E-state index contributed by atoms with van der Waals surface area (Å²) in [5.74, 6) is -1.61. The van der Waals surface area contributed by atoms with Crippen LogP contribution in [-0.2, 0) is 28.5 Å². The molecule has 4 N–H and O–H groups in total. The van der Waals surface area contributed by atoms with Crippen LogP contribution in [0.2, 0.25) is 0 Å². The Balaban J connectivity index is 0.962. The molecule has 4 amide bonds. The van der Waals surface area contributed by atoms with Gasteiger partial charge in [-0.3, -0.25) is 9.59 Å². The zero-order chi connectivity index (χ0) is 45.1. The summed E-state index contributed by atoms with van der Waals surface area (Å²) >= 11 is 0. The summed E-state index contributed by atoms with van der Waals surface area (Å²) in [6, 6.07) is 11.4. The van der Waals surface area contributed by atoms with Crippen LogP contribution in [-0.4, -0.2) is 113 Å². The summed E-state index contributed by atoms with van der Waals surface area (Å²) in [5, 5.41) is 5.47. The molecule has 2 aromatic carbocycles. The van der Waals surface area contributed by atoms with Crippen LogP contribution >= 0.6 is 0 Å². The second kappa shape index (κ2) is 19.3. The number of likely N-dealkylation sites (tertiary alicyclic amines) is 2. The average molecular weight is 885 g/mol. The van der Waals surface area contributed by atoms with E-state index in [1.165, 1.54) is 19.1 Å². The second-order valence-corrected chi connectivity index (χ2v) is 16.9. The van der Waals surface area contributed by atoms with Crippen molar-refractivity contribution < 1.29 is 46.9 Å². The number of hydrogen-bond donors (Lipinski definition) is 4. The number of carbonyl (C=O) groups is 4. The van der Waals surface area contributed by atoms with E-state index < -0.39 is 48.2 Å². The summed E-state index contributed by atoms with van der Waals surface area (Å²) in [7, 11) is 2.50. The Hall–Kier alpha value is -6.14. The van der Waals surface area contributed by atoms with Gasteiger partial charge in [-0.25, -0.2) is 19.6 Å². The van der Waals surface area contributed by atoms with Gasteiger partial charge >= 0.3 is 12.2 Å². The predicted octanol–water partition coefficient (Wildman–Crippen LogP) is 6.94. The number of alkyl carbamates (subject to hydrolysis) is 2. The van der Waals surface area contributed by atoms with Gasteiger partial charge in [0, 0.05) is 49.3 Å². The fraction of sp³-hybridized carbons (Fsp3) is 0.478. The lowest BCUT2D eigenvalue weighted by atomic mass is 9.90. The van der Waals surface area contributed by atoms with E-state index >= 15 is 8.78 Å². The first-order valence-electron chi connectivity index (χ1n) is 21.8. The van der Waals surface area contributed by atoms with E-state index in [4.69, 9.17) is 18.9 Å². The average Bonchev–Trinajstić information content (AvgIpc) is 4.12. The van der Waals surface area contributed by atoms with Crippen LogP contribution in [0.15, 0.2) is 60.8 Å². The summed E-state index contributed by atoms with van der Waals surface area (Å²) in [6.07, 6.45) is 3.17. The monoisotopic (exact) mass is 884 g/mol. The summed E-state index contributed by atoms with van der Waals surface area (Å²) < 4.78 is 52.0. The van der Waals surface area contributed by atoms with Crippen molar-refractivity contribution in [2.24, 2.45) is 11.8 Å². The molecule has 16 nitrogen and oxygen atoms in total. The zero-order valence-corrected chi connectivity index (χ0v) is 36.2. The molecular weight excluding hydrogens is 831 g/mol. The van der Waals surface area contributed by atoms with Crippen LogP contribution in [0.3, 0.4) is 0 Å². The van der Waals surface area contributed by atoms with Crippen molar-refractivity contribution in [3.63, 3.8) is 0 Å². The van der Waals surface area contributed by atoms with E-state index in [9.17, 15) is 19.2 Å². The van der Waals surface area contributed by atoms with Crippen LogP contribution in [0, 0.1) is 23.7 Å². The summed E-state index contributed by atoms with van der Waals surface area (Å²) in [5.41, 5.74) is 3.46. The molecule has 2 aromatic heterocycles. The highest BCUT2D eigenvalue weighted by Crippen LogP contribution is 2.41. The molecule has 4 fully saturated rings. The molecule has 0 bridgehead atoms. The van der Waals surface area contributed by atoms with E-state index in [0.717, 1.165) is 11.1 Å². The highest BCUT2D eigenvalue weighted by Gasteiger charge is 2.44. The quantitative estimate of drug-likeness (QED) is 0.123. The lowest BCUT2D eigenvalue weighted by Gasteiger charge is -2.36. The third kappa shape index (κ3) is 9.11. The van der Waals surface area contributed by atoms with Gasteiger partial charge in [0.15, 0.2) is 0 Å². The Morgan fingerprint density at radius 2 is 1.11 bits per heavy atom. The minimum absolute atomic E-state index is 0.0936. The molecule has 4 aliphatic heterocycles. The lowest BCUT2D eigenvalue weighted by Crippen LogP contribution is -2.54. The van der Waals surface area contributed by atoms with Gasteiger partial charge in [0.2, 0.25) is 23.7 Å². The summed E-state index contributed by atoms with van der Waals surface area (Å²) in [4.78, 5) is 71.0. The van der Waals surface area contributed by atoms with Crippen LogP contribution < -0.4 is 10.6 Å². The maximum atomic E-state index is 15.7. The van der Waals surface area contributed by atoms with E-state index in [0.29, 0.717) is 100 Å². The van der Waals surface area contributed by atoms with Crippen molar-refractivity contribution in [2.45, 2.75) is 88.5 Å². The third-order valence-corrected chi connectivity index (χ3v) is 13.1. The number of imidazole rings is 2. The Bertz CT molecular complexity index is 2340. The normalized spacial score (nSPS) is 21.7. The SMILES string of the molecule is C=C1CC[C@@H](c2nc(-c3ccc(-c4ccc(-c5nc([C@@H]6CC[C@H](C)N6C(=O)[C@@H](NC(=O)OC)C6CCOCC6)[nH]c5F)cc4)cc3)c(F)[nH]2)N1C(=O)[C@@H](NC(=O)OC)C1CCOCC1. The number of rotatable bonds is 11. The fourth-order valence-electron chi connectivity index (χ4n) is 9.59. The highest BCUT2D eigenvalue weighted by molar-refractivity contribution is 5.88. The number of nitrogens with zero attached hydrogens (tertiary/aromatic N) is 4. The lowest BCUT2D eigenvalue weighted by molar-refractivity contribution is -0.138. The molecule has 340 valence electrons. The van der Waals surface area contributed by atoms with E-state index in [1.807, 2.05) is 31.2 Å². The molecule has 5 atom stereocenters. The molecule has 0 radical (unpaired) electrons. The minimum atomic E-state index is -0.880. The van der Waals surface area contributed by atoms with Crippen LogP contribution in [0.25, 0.3) is 33.6 Å². The number of aromatic amines is 2. The van der Waals surface area contributed by atoms with Crippen molar-refractivity contribution in [3.8, 4) is 33.6 Å². The second-order valence-electron chi connectivity index (χ2n) is 16.9. The topological polar surface area (TPSA) is 193 Å². The fourth-order valence-corrected chi connectivity index (χ4v) is 9.59. The van der Waals surface area contributed by atoms with Crippen LogP contribution in [0.5, 0.6) is 0 Å². The zero-order valence-electron chi connectivity index (χ0n) is 36.2. The van der Waals surface area contributed by atoms with Gasteiger partial charge in [-0.1, -0.05) is 55.1 Å². The van der Waals surface area contributed by atoms with Crippen molar-refractivity contribution in [2.75, 3.05) is 40.6 Å². The van der Waals surface area contributed by atoms with Gasteiger partial charge in [0.25, 0.3) is 0 Å². The van der Waals surface area contributed by atoms with Crippen molar-refractivity contribution >= 4 is 24.0 Å². The van der Waals surface area contributed by atoms with Gasteiger partial charge in [0.1, 0.15) is 35.1 Å². The van der Waals surface area contributed by atoms with Gasteiger partial charge in [-0.05, 0) is 81.3 Å². The number of nitrogens with one attached hydrogen (secondary N) is 4. The molecule has 64 heavy (non-hydrogen) atoms. The van der Waals surface area contributed by atoms with Crippen molar-refractivity contribution in [1.82, 2.24) is 40.4 Å². The summed E-state index contributed by atoms with van der Waals surface area (Å²) in [6.45, 7) is 7.96. The van der Waals surface area contributed by atoms with Gasteiger partial charge in [-0.2, -0.15) is 8.78 Å². The Kier molecular flexibility index (Phi) is 13.4. The number of hydrogen-bond acceptors (Lipinski definition) is 10. The molecule has 0 spiro atoms. The first kappa shape index (κ1) is 44.5. The predicted molar refractivity (Wildman–Crippen MR) is 229 cm³/mol. The van der Waals surface area contributed by atoms with E-state index in [2.05, 4.69) is 37.1 Å². The molecule has 4 saturated heterocycles. The number of carbonyl (C=O) groups excluding carboxylic acids is 4. The molecular formula is C46H54F2N8O8. The van der Waals surface area contributed by atoms with E-state index in [1.54, 1.807) is 29.2 Å². The molecule has 8 rings (SSSR count). The maximum absolute atomic E-state index is 15.7. The van der Waals surface area contributed by atoms with Crippen molar-refractivity contribution in [3.05, 3.63) is 84.4 Å². The number of amides is 4. The van der Waals surface area contributed by atoms with Crippen molar-refractivity contribution in [1.29, 1.82) is 0 Å². The molecule has 4 aliphatic rings. The number of ether oxygens (including phenoxy) is 4. The highest BCUT2D eigenvalue weighted by atomic mass is 19.1. The first-order chi connectivity index (χ1) is 30.9. The number of halogens is 2. The number of allylic oxidation sites excluding steroid dienone is 1. The number of aromatic nitrogens is 4. The molecule has 18 heteroatoms. The Labute approximate surface area is 369 Å². The number of H-pyrrole nitrogens is 2.